The fourth-order valence-corrected chi connectivity index (χ4v) is 2.79. The number of carbonyl (C=O) groups is 2. The quantitative estimate of drug-likeness (QED) is 0.614. The minimum atomic E-state index is -0.979. The zero-order chi connectivity index (χ0) is 19.4. The van der Waals surface area contributed by atoms with Gasteiger partial charge in [-0.15, -0.1) is 0 Å². The molecule has 2 rings (SSSR count). The number of aromatic nitrogens is 2. The summed E-state index contributed by atoms with van der Waals surface area (Å²) in [6.07, 6.45) is 1.65. The topological polar surface area (TPSA) is 73.2 Å². The van der Waals surface area contributed by atoms with E-state index in [1.807, 2.05) is 6.92 Å². The molecule has 8 heteroatoms. The number of aryl methyl sites for hydroxylation is 2. The van der Waals surface area contributed by atoms with Crippen LogP contribution in [0.1, 0.15) is 23.9 Å². The lowest BCUT2D eigenvalue weighted by atomic mass is 10.2. The number of benzene rings is 1. The molecule has 26 heavy (non-hydrogen) atoms. The summed E-state index contributed by atoms with van der Waals surface area (Å²) in [5.74, 6) is -1.12. The van der Waals surface area contributed by atoms with E-state index in [1.54, 1.807) is 36.9 Å². The highest BCUT2D eigenvalue weighted by Gasteiger charge is 2.20. The second-order valence-electron chi connectivity index (χ2n) is 5.71. The number of ether oxygens (including phenoxy) is 1. The Morgan fingerprint density at radius 3 is 2.42 bits per heavy atom. The average Bonchev–Trinajstić information content (AvgIpc) is 2.80. The van der Waals surface area contributed by atoms with Crippen molar-refractivity contribution in [3.63, 3.8) is 0 Å². The maximum atomic E-state index is 12.3. The molecule has 1 aromatic heterocycles. The Kier molecular flexibility index (Phi) is 6.45. The second-order valence-corrected chi connectivity index (χ2v) is 6.52. The van der Waals surface area contributed by atoms with Gasteiger partial charge in [0.25, 0.3) is 5.91 Å². The Hall–Kier alpha value is -2.31. The van der Waals surface area contributed by atoms with E-state index >= 15 is 0 Å². The van der Waals surface area contributed by atoms with Gasteiger partial charge in [-0.05, 0) is 39.0 Å². The molecule has 1 heterocycles. The molecular formula is C18H19Cl2N3O3. The van der Waals surface area contributed by atoms with Crippen LogP contribution in [-0.2, 0) is 21.4 Å². The number of nitrogens with one attached hydrogen (secondary N) is 1. The predicted octanol–water partition coefficient (Wildman–Crippen LogP) is 3.93. The van der Waals surface area contributed by atoms with Crippen LogP contribution in [0, 0.1) is 13.8 Å². The first-order valence-corrected chi connectivity index (χ1v) is 8.60. The van der Waals surface area contributed by atoms with E-state index in [9.17, 15) is 9.59 Å². The minimum Gasteiger partial charge on any atom is -0.449 e. The molecule has 2 aromatic rings. The van der Waals surface area contributed by atoms with Crippen molar-refractivity contribution in [3.8, 4) is 0 Å². The Bertz CT molecular complexity index is 855. The largest absolute Gasteiger partial charge is 0.449 e. The maximum absolute atomic E-state index is 12.3. The van der Waals surface area contributed by atoms with Crippen LogP contribution in [0.15, 0.2) is 24.3 Å². The third-order valence-corrected chi connectivity index (χ3v) is 4.46. The number of esters is 1. The van der Waals surface area contributed by atoms with Gasteiger partial charge in [0.2, 0.25) is 0 Å². The summed E-state index contributed by atoms with van der Waals surface area (Å²) in [5, 5.41) is 7.78. The van der Waals surface area contributed by atoms with Crippen LogP contribution in [0.3, 0.4) is 0 Å². The molecule has 0 saturated heterocycles. The molecule has 0 bridgehead atoms. The Morgan fingerprint density at radius 1 is 1.27 bits per heavy atom. The van der Waals surface area contributed by atoms with E-state index < -0.39 is 18.0 Å². The molecule has 138 valence electrons. The summed E-state index contributed by atoms with van der Waals surface area (Å²) in [5.41, 5.74) is 2.61. The van der Waals surface area contributed by atoms with Gasteiger partial charge in [0.15, 0.2) is 6.10 Å². The molecule has 1 N–H and O–H groups in total. The highest BCUT2D eigenvalue weighted by atomic mass is 35.5. The lowest BCUT2D eigenvalue weighted by molar-refractivity contribution is -0.148. The van der Waals surface area contributed by atoms with Gasteiger partial charge in [-0.1, -0.05) is 29.3 Å². The highest BCUT2D eigenvalue weighted by Crippen LogP contribution is 2.25. The number of nitrogens with zero attached hydrogens (tertiary/aromatic N) is 2. The van der Waals surface area contributed by atoms with Crippen molar-refractivity contribution in [2.75, 3.05) is 5.32 Å². The van der Waals surface area contributed by atoms with Crippen LogP contribution in [0.4, 0.5) is 5.69 Å². The lowest BCUT2D eigenvalue weighted by Crippen LogP contribution is -2.29. The normalized spacial score (nSPS) is 12.2. The van der Waals surface area contributed by atoms with E-state index in [0.29, 0.717) is 27.0 Å². The monoisotopic (exact) mass is 395 g/mol. The standard InChI is InChI=1S/C18H19Cl2N3O3/c1-10-17(11(2)23(4)22-10)21-18(25)12(3)26-16(24)9-8-13-14(19)6-5-7-15(13)20/h5-9,12H,1-4H3,(H,21,25)/b9-8+/t12-/m1/s1. The van der Waals surface area contributed by atoms with Crippen LogP contribution >= 0.6 is 23.2 Å². The highest BCUT2D eigenvalue weighted by molar-refractivity contribution is 6.37. The number of amides is 1. The molecule has 0 unspecified atom stereocenters. The summed E-state index contributed by atoms with van der Waals surface area (Å²) < 4.78 is 6.79. The van der Waals surface area contributed by atoms with Crippen molar-refractivity contribution >= 4 is 46.8 Å². The third-order valence-electron chi connectivity index (χ3n) is 3.81. The summed E-state index contributed by atoms with van der Waals surface area (Å²) in [4.78, 5) is 24.2. The van der Waals surface area contributed by atoms with Crippen molar-refractivity contribution in [2.24, 2.45) is 7.05 Å². The average molecular weight is 396 g/mol. The smallest absolute Gasteiger partial charge is 0.331 e. The van der Waals surface area contributed by atoms with Gasteiger partial charge in [0.05, 0.1) is 17.1 Å². The molecule has 6 nitrogen and oxygen atoms in total. The van der Waals surface area contributed by atoms with Crippen molar-refractivity contribution < 1.29 is 14.3 Å². The van der Waals surface area contributed by atoms with Crippen molar-refractivity contribution in [3.05, 3.63) is 51.3 Å². The van der Waals surface area contributed by atoms with Gasteiger partial charge >= 0.3 is 5.97 Å². The van der Waals surface area contributed by atoms with Crippen LogP contribution in [-0.4, -0.2) is 27.8 Å². The minimum absolute atomic E-state index is 0.412. The van der Waals surface area contributed by atoms with Gasteiger partial charge in [-0.2, -0.15) is 5.10 Å². The molecule has 0 spiro atoms. The second kappa shape index (κ2) is 8.38. The summed E-state index contributed by atoms with van der Waals surface area (Å²) in [7, 11) is 1.78. The van der Waals surface area contributed by atoms with Crippen molar-refractivity contribution in [1.29, 1.82) is 0 Å². The number of hydrogen-bond acceptors (Lipinski definition) is 4. The molecular weight excluding hydrogens is 377 g/mol. The molecule has 0 saturated carbocycles. The molecule has 0 fully saturated rings. The van der Waals surface area contributed by atoms with E-state index in [1.165, 1.54) is 19.1 Å². The maximum Gasteiger partial charge on any atom is 0.331 e. The van der Waals surface area contributed by atoms with Crippen LogP contribution < -0.4 is 5.32 Å². The number of hydrogen-bond donors (Lipinski definition) is 1. The van der Waals surface area contributed by atoms with E-state index in [4.69, 9.17) is 27.9 Å². The predicted molar refractivity (Wildman–Crippen MR) is 102 cm³/mol. The van der Waals surface area contributed by atoms with Crippen LogP contribution in [0.25, 0.3) is 6.08 Å². The third kappa shape index (κ3) is 4.65. The van der Waals surface area contributed by atoms with Gasteiger partial charge < -0.3 is 10.1 Å². The SMILES string of the molecule is Cc1nn(C)c(C)c1NC(=O)[C@@H](C)OC(=O)/C=C/c1c(Cl)cccc1Cl. The lowest BCUT2D eigenvalue weighted by Gasteiger charge is -2.12. The van der Waals surface area contributed by atoms with Crippen molar-refractivity contribution in [2.45, 2.75) is 26.9 Å². The van der Waals surface area contributed by atoms with Gasteiger partial charge in [-0.25, -0.2) is 4.79 Å². The van der Waals surface area contributed by atoms with Crippen LogP contribution in [0.5, 0.6) is 0 Å². The van der Waals surface area contributed by atoms with E-state index in [-0.39, 0.29) is 0 Å². The van der Waals surface area contributed by atoms with Gasteiger partial charge in [0.1, 0.15) is 0 Å². The molecule has 1 amide bonds. The molecule has 0 aliphatic carbocycles. The fourth-order valence-electron chi connectivity index (χ4n) is 2.27. The van der Waals surface area contributed by atoms with E-state index in [0.717, 1.165) is 5.69 Å². The molecule has 0 aliphatic heterocycles. The molecule has 1 atom stereocenters. The molecule has 0 radical (unpaired) electrons. The number of rotatable bonds is 5. The zero-order valence-corrected chi connectivity index (χ0v) is 16.4. The molecule has 0 aliphatic rings. The number of anilines is 1. The first-order valence-electron chi connectivity index (χ1n) is 7.84. The Balaban J connectivity index is 2.00. The number of halogens is 2. The number of carbonyl (C=O) groups excluding carboxylic acids is 2. The fraction of sp³-hybridized carbons (Fsp3) is 0.278. The Morgan fingerprint density at radius 2 is 1.88 bits per heavy atom. The van der Waals surface area contributed by atoms with Crippen molar-refractivity contribution in [1.82, 2.24) is 9.78 Å². The Labute approximate surface area is 161 Å². The molecule has 1 aromatic carbocycles. The summed E-state index contributed by atoms with van der Waals surface area (Å²) in [6.45, 7) is 5.11. The van der Waals surface area contributed by atoms with Crippen LogP contribution in [0.2, 0.25) is 10.0 Å². The first-order chi connectivity index (χ1) is 12.2. The van der Waals surface area contributed by atoms with Gasteiger partial charge in [-0.3, -0.25) is 9.48 Å². The van der Waals surface area contributed by atoms with E-state index in [2.05, 4.69) is 10.4 Å². The van der Waals surface area contributed by atoms with Gasteiger partial charge in [0, 0.05) is 28.7 Å². The first kappa shape index (κ1) is 20.0. The summed E-state index contributed by atoms with van der Waals surface area (Å²) in [6, 6.07) is 5.02. The zero-order valence-electron chi connectivity index (χ0n) is 14.8. The summed E-state index contributed by atoms with van der Waals surface area (Å²) >= 11 is 12.1.